The van der Waals surface area contributed by atoms with Gasteiger partial charge in [-0.05, 0) is 48.5 Å². The molecule has 0 atom stereocenters. The molecule has 6 heteroatoms. The van der Waals surface area contributed by atoms with Crippen molar-refractivity contribution in [1.82, 2.24) is 4.98 Å². The zero-order valence-corrected chi connectivity index (χ0v) is 16.2. The average molecular weight is 387 g/mol. The van der Waals surface area contributed by atoms with E-state index in [4.69, 9.17) is 9.47 Å². The molecule has 29 heavy (non-hydrogen) atoms. The Bertz CT molecular complexity index is 1140. The van der Waals surface area contributed by atoms with Crippen molar-refractivity contribution in [2.24, 2.45) is 0 Å². The van der Waals surface area contributed by atoms with Crippen LogP contribution in [0.15, 0.2) is 72.8 Å². The van der Waals surface area contributed by atoms with Gasteiger partial charge in [0.2, 0.25) is 0 Å². The normalized spacial score (nSPS) is 10.6. The van der Waals surface area contributed by atoms with Crippen LogP contribution in [0.5, 0.6) is 11.5 Å². The summed E-state index contributed by atoms with van der Waals surface area (Å²) in [5.41, 5.74) is 3.85. The summed E-state index contributed by atoms with van der Waals surface area (Å²) in [6.07, 6.45) is 0. The first-order chi connectivity index (χ1) is 14.2. The third-order valence-corrected chi connectivity index (χ3v) is 4.57. The maximum absolute atomic E-state index is 12.7. The second-order valence-electron chi connectivity index (χ2n) is 6.50. The molecule has 0 saturated heterocycles. The molecule has 1 amide bonds. The minimum absolute atomic E-state index is 0.231. The number of hydrogen-bond donors (Lipinski definition) is 3. The molecular formula is C23H21N3O3. The summed E-state index contributed by atoms with van der Waals surface area (Å²) < 4.78 is 10.7. The molecule has 0 saturated carbocycles. The number of fused-ring (bicyclic) bond motifs is 1. The Balaban J connectivity index is 1.50. The number of aromatic amines is 1. The van der Waals surface area contributed by atoms with Crippen LogP contribution in [0.1, 0.15) is 10.5 Å². The Labute approximate surface area is 168 Å². The van der Waals surface area contributed by atoms with E-state index in [-0.39, 0.29) is 5.91 Å². The van der Waals surface area contributed by atoms with E-state index in [1.165, 1.54) is 0 Å². The number of amides is 1. The van der Waals surface area contributed by atoms with Crippen LogP contribution in [0.4, 0.5) is 17.1 Å². The number of methoxy groups -OCH3 is 2. The number of para-hydroxylation sites is 1. The molecule has 0 fully saturated rings. The maximum Gasteiger partial charge on any atom is 0.272 e. The van der Waals surface area contributed by atoms with E-state index in [0.717, 1.165) is 22.3 Å². The summed E-state index contributed by atoms with van der Waals surface area (Å²) in [7, 11) is 3.18. The van der Waals surface area contributed by atoms with Crippen LogP contribution in [-0.2, 0) is 0 Å². The predicted molar refractivity (Wildman–Crippen MR) is 116 cm³/mol. The molecule has 0 unspecified atom stereocenters. The Morgan fingerprint density at radius 2 is 1.52 bits per heavy atom. The third-order valence-electron chi connectivity index (χ3n) is 4.57. The van der Waals surface area contributed by atoms with Gasteiger partial charge >= 0.3 is 0 Å². The lowest BCUT2D eigenvalue weighted by Gasteiger charge is -2.08. The number of aromatic nitrogens is 1. The van der Waals surface area contributed by atoms with Crippen molar-refractivity contribution in [3.8, 4) is 11.5 Å². The van der Waals surface area contributed by atoms with Crippen molar-refractivity contribution in [3.05, 3.63) is 78.5 Å². The van der Waals surface area contributed by atoms with Crippen LogP contribution in [0.2, 0.25) is 0 Å². The van der Waals surface area contributed by atoms with Crippen molar-refractivity contribution in [2.45, 2.75) is 0 Å². The molecule has 3 aromatic carbocycles. The van der Waals surface area contributed by atoms with E-state index < -0.39 is 0 Å². The van der Waals surface area contributed by atoms with Gasteiger partial charge in [0.1, 0.15) is 17.2 Å². The topological polar surface area (TPSA) is 75.4 Å². The minimum atomic E-state index is -0.231. The zero-order valence-electron chi connectivity index (χ0n) is 16.2. The molecule has 0 spiro atoms. The molecule has 0 aliphatic rings. The molecule has 0 aliphatic carbocycles. The summed E-state index contributed by atoms with van der Waals surface area (Å²) in [5.74, 6) is 1.06. The minimum Gasteiger partial charge on any atom is -0.497 e. The Kier molecular flexibility index (Phi) is 5.07. The second kappa shape index (κ2) is 7.98. The molecule has 0 aliphatic heterocycles. The highest BCUT2D eigenvalue weighted by atomic mass is 16.5. The van der Waals surface area contributed by atoms with Gasteiger partial charge in [0.25, 0.3) is 5.91 Å². The number of carbonyl (C=O) groups excluding carboxylic acids is 1. The monoisotopic (exact) mass is 387 g/mol. The van der Waals surface area contributed by atoms with Crippen molar-refractivity contribution in [1.29, 1.82) is 0 Å². The maximum atomic E-state index is 12.7. The smallest absolute Gasteiger partial charge is 0.272 e. The lowest BCUT2D eigenvalue weighted by atomic mass is 10.2. The number of rotatable bonds is 6. The van der Waals surface area contributed by atoms with E-state index in [1.807, 2.05) is 60.7 Å². The summed E-state index contributed by atoms with van der Waals surface area (Å²) in [4.78, 5) is 15.8. The fraction of sp³-hybridized carbons (Fsp3) is 0.0870. The van der Waals surface area contributed by atoms with Gasteiger partial charge in [-0.1, -0.05) is 18.2 Å². The van der Waals surface area contributed by atoms with E-state index in [9.17, 15) is 4.79 Å². The van der Waals surface area contributed by atoms with Crippen LogP contribution in [0.25, 0.3) is 10.9 Å². The Morgan fingerprint density at radius 1 is 0.828 bits per heavy atom. The fourth-order valence-electron chi connectivity index (χ4n) is 3.11. The van der Waals surface area contributed by atoms with Crippen LogP contribution in [0.3, 0.4) is 0 Å². The summed E-state index contributed by atoms with van der Waals surface area (Å²) in [6.45, 7) is 0. The van der Waals surface area contributed by atoms with Crippen molar-refractivity contribution < 1.29 is 14.3 Å². The first kappa shape index (κ1) is 18.4. The van der Waals surface area contributed by atoms with Crippen molar-refractivity contribution in [2.75, 3.05) is 24.9 Å². The molecule has 0 radical (unpaired) electrons. The van der Waals surface area contributed by atoms with E-state index in [0.29, 0.717) is 22.9 Å². The molecular weight excluding hydrogens is 366 g/mol. The molecule has 4 rings (SSSR count). The molecule has 146 valence electrons. The molecule has 4 aromatic rings. The van der Waals surface area contributed by atoms with Gasteiger partial charge in [0, 0.05) is 28.5 Å². The average Bonchev–Trinajstić information content (AvgIpc) is 3.19. The zero-order chi connectivity index (χ0) is 20.2. The fourth-order valence-corrected chi connectivity index (χ4v) is 3.11. The first-order valence-corrected chi connectivity index (χ1v) is 9.14. The highest BCUT2D eigenvalue weighted by Crippen LogP contribution is 2.31. The Morgan fingerprint density at radius 3 is 2.21 bits per heavy atom. The van der Waals surface area contributed by atoms with Crippen LogP contribution < -0.4 is 20.1 Å². The summed E-state index contributed by atoms with van der Waals surface area (Å²) in [5, 5.41) is 7.06. The van der Waals surface area contributed by atoms with Gasteiger partial charge in [0.15, 0.2) is 0 Å². The van der Waals surface area contributed by atoms with Crippen molar-refractivity contribution in [3.63, 3.8) is 0 Å². The number of anilines is 3. The second-order valence-corrected chi connectivity index (χ2v) is 6.50. The van der Waals surface area contributed by atoms with Gasteiger partial charge in [-0.25, -0.2) is 0 Å². The van der Waals surface area contributed by atoms with Crippen molar-refractivity contribution >= 4 is 33.9 Å². The van der Waals surface area contributed by atoms with Crippen LogP contribution in [-0.4, -0.2) is 25.1 Å². The predicted octanol–water partition coefficient (Wildman–Crippen LogP) is 5.18. The van der Waals surface area contributed by atoms with E-state index in [1.54, 1.807) is 26.4 Å². The van der Waals surface area contributed by atoms with Gasteiger partial charge in [-0.3, -0.25) is 4.79 Å². The SMILES string of the molecule is COc1cc(OC)c2[nH]c(C(=O)Nc3ccc(Nc4ccccc4)cc3)cc2c1. The number of hydrogen-bond acceptors (Lipinski definition) is 4. The van der Waals surface area contributed by atoms with Gasteiger partial charge < -0.3 is 25.1 Å². The lowest BCUT2D eigenvalue weighted by Crippen LogP contribution is -2.12. The lowest BCUT2D eigenvalue weighted by molar-refractivity contribution is 0.102. The number of ether oxygens (including phenoxy) is 2. The van der Waals surface area contributed by atoms with Gasteiger partial charge in [-0.2, -0.15) is 0 Å². The summed E-state index contributed by atoms with van der Waals surface area (Å²) >= 11 is 0. The number of benzene rings is 3. The molecule has 0 bridgehead atoms. The third kappa shape index (κ3) is 4.01. The molecule has 3 N–H and O–H groups in total. The Hall–Kier alpha value is -3.93. The number of nitrogens with one attached hydrogen (secondary N) is 3. The van der Waals surface area contributed by atoms with E-state index >= 15 is 0 Å². The van der Waals surface area contributed by atoms with E-state index in [2.05, 4.69) is 15.6 Å². The van der Waals surface area contributed by atoms with Crippen LogP contribution >= 0.6 is 0 Å². The standard InChI is InChI=1S/C23H21N3O3/c1-28-19-12-15-13-20(26-22(15)21(14-19)29-2)23(27)25-18-10-8-17(9-11-18)24-16-6-4-3-5-7-16/h3-14,24,26H,1-2H3,(H,25,27). The number of carbonyl (C=O) groups is 1. The first-order valence-electron chi connectivity index (χ1n) is 9.14. The molecule has 1 heterocycles. The van der Waals surface area contributed by atoms with Gasteiger partial charge in [0.05, 0.1) is 19.7 Å². The largest absolute Gasteiger partial charge is 0.497 e. The molecule has 1 aromatic heterocycles. The summed E-state index contributed by atoms with van der Waals surface area (Å²) in [6, 6.07) is 22.9. The quantitative estimate of drug-likeness (QED) is 0.426. The van der Waals surface area contributed by atoms with Crippen LogP contribution in [0, 0.1) is 0 Å². The van der Waals surface area contributed by atoms with Gasteiger partial charge in [-0.15, -0.1) is 0 Å². The number of H-pyrrole nitrogens is 1. The highest BCUT2D eigenvalue weighted by molar-refractivity contribution is 6.06. The molecule has 6 nitrogen and oxygen atoms in total. The highest BCUT2D eigenvalue weighted by Gasteiger charge is 2.14.